The van der Waals surface area contributed by atoms with Gasteiger partial charge in [-0.05, 0) is 63.3 Å². The number of nitrogens with one attached hydrogen (secondary N) is 1. The molecule has 1 N–H and O–H groups in total. The Morgan fingerprint density at radius 1 is 1.25 bits per heavy atom. The van der Waals surface area contributed by atoms with Gasteiger partial charge in [0.1, 0.15) is 0 Å². The van der Waals surface area contributed by atoms with E-state index in [0.29, 0.717) is 5.92 Å². The summed E-state index contributed by atoms with van der Waals surface area (Å²) < 4.78 is 6.04. The molecule has 3 aliphatic rings. The average molecular weight is 280 g/mol. The Bertz CT molecular complexity index is 365. The number of piperidine rings is 1. The molecule has 1 saturated carbocycles. The highest BCUT2D eigenvalue weighted by Gasteiger charge is 2.45. The molecule has 0 aromatic rings. The standard InChI is InChI=1S/C16H28N2O2/c1-18(2)15(19)14-10-12(4-8-17-14)13-5-9-20-16(11-13)6-3-7-16/h12-14,17H,3-11H2,1-2H3. The van der Waals surface area contributed by atoms with E-state index in [2.05, 4.69) is 5.32 Å². The third-order valence-electron chi connectivity index (χ3n) is 5.65. The maximum absolute atomic E-state index is 12.2. The molecule has 3 unspecified atom stereocenters. The molecule has 0 aromatic heterocycles. The van der Waals surface area contributed by atoms with E-state index in [-0.39, 0.29) is 17.6 Å². The van der Waals surface area contributed by atoms with Crippen molar-refractivity contribution in [3.8, 4) is 0 Å². The number of hydrogen-bond donors (Lipinski definition) is 1. The fraction of sp³-hybridized carbons (Fsp3) is 0.938. The number of nitrogens with zero attached hydrogens (tertiary/aromatic N) is 1. The van der Waals surface area contributed by atoms with Crippen LogP contribution in [0.25, 0.3) is 0 Å². The SMILES string of the molecule is CN(C)C(=O)C1CC(C2CCOC3(CCC3)C2)CCN1. The molecule has 0 radical (unpaired) electrons. The molecule has 4 nitrogen and oxygen atoms in total. The summed E-state index contributed by atoms with van der Waals surface area (Å²) in [4.78, 5) is 13.9. The Morgan fingerprint density at radius 3 is 2.70 bits per heavy atom. The molecule has 1 amide bonds. The Kier molecular flexibility index (Phi) is 4.04. The summed E-state index contributed by atoms with van der Waals surface area (Å²) in [5, 5.41) is 3.40. The van der Waals surface area contributed by atoms with E-state index in [4.69, 9.17) is 4.74 Å². The first-order valence-electron chi connectivity index (χ1n) is 8.18. The van der Waals surface area contributed by atoms with Crippen molar-refractivity contribution in [2.45, 2.75) is 56.6 Å². The monoisotopic (exact) mass is 280 g/mol. The summed E-state index contributed by atoms with van der Waals surface area (Å²) in [5.74, 6) is 1.70. The van der Waals surface area contributed by atoms with Crippen LogP contribution in [0.4, 0.5) is 0 Å². The van der Waals surface area contributed by atoms with Crippen LogP contribution in [0.5, 0.6) is 0 Å². The average Bonchev–Trinajstić information content (AvgIpc) is 2.45. The van der Waals surface area contributed by atoms with E-state index in [0.717, 1.165) is 25.5 Å². The summed E-state index contributed by atoms with van der Waals surface area (Å²) in [6.45, 7) is 1.92. The van der Waals surface area contributed by atoms with Crippen LogP contribution >= 0.6 is 0 Å². The largest absolute Gasteiger partial charge is 0.375 e. The lowest BCUT2D eigenvalue weighted by molar-refractivity contribution is -0.152. The minimum absolute atomic E-state index is 0.0314. The summed E-state index contributed by atoms with van der Waals surface area (Å²) in [5.41, 5.74) is 0.231. The Morgan fingerprint density at radius 2 is 2.05 bits per heavy atom. The molecule has 2 aliphatic heterocycles. The van der Waals surface area contributed by atoms with Gasteiger partial charge < -0.3 is 15.0 Å². The van der Waals surface area contributed by atoms with Gasteiger partial charge in [-0.2, -0.15) is 0 Å². The molecule has 114 valence electrons. The van der Waals surface area contributed by atoms with E-state index < -0.39 is 0 Å². The highest BCUT2D eigenvalue weighted by atomic mass is 16.5. The lowest BCUT2D eigenvalue weighted by atomic mass is 9.67. The van der Waals surface area contributed by atoms with E-state index in [9.17, 15) is 4.79 Å². The fourth-order valence-corrected chi connectivity index (χ4v) is 4.26. The summed E-state index contributed by atoms with van der Waals surface area (Å²) >= 11 is 0. The summed E-state index contributed by atoms with van der Waals surface area (Å²) in [6, 6.07) is 0.0314. The van der Waals surface area contributed by atoms with Crippen LogP contribution in [0.15, 0.2) is 0 Å². The third kappa shape index (κ3) is 2.73. The van der Waals surface area contributed by atoms with E-state index >= 15 is 0 Å². The van der Waals surface area contributed by atoms with Crippen LogP contribution in [0, 0.1) is 11.8 Å². The van der Waals surface area contributed by atoms with Crippen LogP contribution in [0.3, 0.4) is 0 Å². The van der Waals surface area contributed by atoms with Crippen molar-refractivity contribution < 1.29 is 9.53 Å². The van der Waals surface area contributed by atoms with Gasteiger partial charge in [0.15, 0.2) is 0 Å². The molecular formula is C16H28N2O2. The number of carbonyl (C=O) groups is 1. The first-order chi connectivity index (χ1) is 9.60. The molecule has 3 rings (SSSR count). The van der Waals surface area contributed by atoms with Crippen LogP contribution in [-0.4, -0.2) is 49.7 Å². The molecule has 2 saturated heterocycles. The van der Waals surface area contributed by atoms with Gasteiger partial charge in [0.05, 0.1) is 11.6 Å². The molecule has 3 atom stereocenters. The Balaban J connectivity index is 1.60. The number of amides is 1. The van der Waals surface area contributed by atoms with Gasteiger partial charge in [0, 0.05) is 20.7 Å². The van der Waals surface area contributed by atoms with Crippen LogP contribution in [0.1, 0.15) is 44.9 Å². The second kappa shape index (κ2) is 5.64. The predicted molar refractivity (Wildman–Crippen MR) is 78.5 cm³/mol. The Hall–Kier alpha value is -0.610. The zero-order chi connectivity index (χ0) is 14.2. The number of likely N-dealkylation sites (N-methyl/N-ethyl adjacent to an activating group) is 1. The van der Waals surface area contributed by atoms with Gasteiger partial charge in [-0.15, -0.1) is 0 Å². The van der Waals surface area contributed by atoms with E-state index in [1.807, 2.05) is 14.1 Å². The molecule has 4 heteroatoms. The molecular weight excluding hydrogens is 252 g/mol. The summed E-state index contributed by atoms with van der Waals surface area (Å²) in [7, 11) is 3.71. The van der Waals surface area contributed by atoms with Gasteiger partial charge in [-0.3, -0.25) is 4.79 Å². The zero-order valence-corrected chi connectivity index (χ0v) is 12.9. The molecule has 0 bridgehead atoms. The minimum atomic E-state index is 0.0314. The molecule has 2 heterocycles. The summed E-state index contributed by atoms with van der Waals surface area (Å²) in [6.07, 6.45) is 8.51. The number of ether oxygens (including phenoxy) is 1. The van der Waals surface area contributed by atoms with Crippen molar-refractivity contribution >= 4 is 5.91 Å². The smallest absolute Gasteiger partial charge is 0.239 e. The first kappa shape index (κ1) is 14.3. The van der Waals surface area contributed by atoms with Crippen molar-refractivity contribution in [2.24, 2.45) is 11.8 Å². The minimum Gasteiger partial charge on any atom is -0.375 e. The molecule has 1 spiro atoms. The van der Waals surface area contributed by atoms with Crippen LogP contribution in [-0.2, 0) is 9.53 Å². The molecule has 1 aliphatic carbocycles. The van der Waals surface area contributed by atoms with Crippen molar-refractivity contribution in [3.05, 3.63) is 0 Å². The van der Waals surface area contributed by atoms with Gasteiger partial charge in [-0.1, -0.05) is 0 Å². The third-order valence-corrected chi connectivity index (χ3v) is 5.65. The van der Waals surface area contributed by atoms with Gasteiger partial charge in [0.25, 0.3) is 0 Å². The quantitative estimate of drug-likeness (QED) is 0.838. The number of hydrogen-bond acceptors (Lipinski definition) is 3. The van der Waals surface area contributed by atoms with Crippen LogP contribution in [0.2, 0.25) is 0 Å². The second-order valence-electron chi connectivity index (χ2n) is 7.16. The Labute approximate surface area is 122 Å². The van der Waals surface area contributed by atoms with Gasteiger partial charge >= 0.3 is 0 Å². The highest BCUT2D eigenvalue weighted by molar-refractivity contribution is 5.81. The van der Waals surface area contributed by atoms with Crippen molar-refractivity contribution in [1.29, 1.82) is 0 Å². The second-order valence-corrected chi connectivity index (χ2v) is 7.16. The topological polar surface area (TPSA) is 41.6 Å². The van der Waals surface area contributed by atoms with Gasteiger partial charge in [-0.25, -0.2) is 0 Å². The highest BCUT2D eigenvalue weighted by Crippen LogP contribution is 2.47. The van der Waals surface area contributed by atoms with Crippen LogP contribution < -0.4 is 5.32 Å². The number of rotatable bonds is 2. The van der Waals surface area contributed by atoms with Gasteiger partial charge in [0.2, 0.25) is 5.91 Å². The fourth-order valence-electron chi connectivity index (χ4n) is 4.26. The molecule has 20 heavy (non-hydrogen) atoms. The van der Waals surface area contributed by atoms with Crippen molar-refractivity contribution in [2.75, 3.05) is 27.2 Å². The number of carbonyl (C=O) groups excluding carboxylic acids is 1. The molecule has 0 aromatic carbocycles. The van der Waals surface area contributed by atoms with Crippen molar-refractivity contribution in [3.63, 3.8) is 0 Å². The molecule has 3 fully saturated rings. The normalized spacial score (nSPS) is 36.4. The maximum atomic E-state index is 12.2. The van der Waals surface area contributed by atoms with E-state index in [1.165, 1.54) is 38.5 Å². The van der Waals surface area contributed by atoms with Crippen molar-refractivity contribution in [1.82, 2.24) is 10.2 Å². The zero-order valence-electron chi connectivity index (χ0n) is 12.9. The lowest BCUT2D eigenvalue weighted by Gasteiger charge is -2.49. The predicted octanol–water partition coefficient (Wildman–Crippen LogP) is 1.79. The maximum Gasteiger partial charge on any atom is 0.239 e. The first-order valence-corrected chi connectivity index (χ1v) is 8.18. The van der Waals surface area contributed by atoms with E-state index in [1.54, 1.807) is 4.90 Å². The lowest BCUT2D eigenvalue weighted by Crippen LogP contribution is -2.52.